The fraction of sp³-hybridized carbons (Fsp3) is 1.00. The van der Waals surface area contributed by atoms with E-state index in [0.29, 0.717) is 0 Å². The number of nitrogens with one attached hydrogen (secondary N) is 1. The highest BCUT2D eigenvalue weighted by Gasteiger charge is 2.39. The number of hydrogen-bond acceptors (Lipinski definition) is 3. The van der Waals surface area contributed by atoms with Crippen LogP contribution in [0.2, 0.25) is 0 Å². The van der Waals surface area contributed by atoms with E-state index in [1.165, 1.54) is 51.6 Å². The molecular weight excluding hydrogens is 224 g/mol. The first-order valence-electron chi connectivity index (χ1n) is 7.92. The van der Waals surface area contributed by atoms with Gasteiger partial charge < -0.3 is 10.1 Å². The van der Waals surface area contributed by atoms with Crippen molar-refractivity contribution >= 4 is 0 Å². The van der Waals surface area contributed by atoms with Crippen molar-refractivity contribution in [2.24, 2.45) is 0 Å². The molecule has 18 heavy (non-hydrogen) atoms. The summed E-state index contributed by atoms with van der Waals surface area (Å²) in [5.41, 5.74) is 0. The molecule has 106 valence electrons. The van der Waals surface area contributed by atoms with Gasteiger partial charge in [-0.05, 0) is 52.0 Å². The van der Waals surface area contributed by atoms with Crippen LogP contribution in [0.4, 0.5) is 0 Å². The predicted molar refractivity (Wildman–Crippen MR) is 75.9 cm³/mol. The highest BCUT2D eigenvalue weighted by Crippen LogP contribution is 2.35. The van der Waals surface area contributed by atoms with Gasteiger partial charge in [-0.25, -0.2) is 0 Å². The number of fused-ring (bicyclic) bond motifs is 2. The van der Waals surface area contributed by atoms with Crippen molar-refractivity contribution in [2.75, 3.05) is 26.3 Å². The maximum Gasteiger partial charge on any atom is 0.0478 e. The van der Waals surface area contributed by atoms with Crippen molar-refractivity contribution in [1.29, 1.82) is 0 Å². The van der Waals surface area contributed by atoms with E-state index in [0.717, 1.165) is 31.3 Å². The van der Waals surface area contributed by atoms with Gasteiger partial charge in [0.15, 0.2) is 0 Å². The summed E-state index contributed by atoms with van der Waals surface area (Å²) in [6.45, 7) is 8.56. The Labute approximate surface area is 112 Å². The molecule has 0 radical (unpaired) electrons. The monoisotopic (exact) mass is 254 g/mol. The largest absolute Gasteiger partial charge is 0.382 e. The van der Waals surface area contributed by atoms with Gasteiger partial charge in [-0.2, -0.15) is 0 Å². The highest BCUT2D eigenvalue weighted by atomic mass is 16.5. The van der Waals surface area contributed by atoms with Crippen molar-refractivity contribution in [3.63, 3.8) is 0 Å². The smallest absolute Gasteiger partial charge is 0.0478 e. The Hall–Kier alpha value is -0.120. The molecule has 2 aliphatic heterocycles. The Morgan fingerprint density at radius 2 is 1.89 bits per heavy atom. The molecule has 2 atom stereocenters. The van der Waals surface area contributed by atoms with Crippen LogP contribution in [0.15, 0.2) is 0 Å². The molecule has 0 saturated carbocycles. The molecule has 2 unspecified atom stereocenters. The van der Waals surface area contributed by atoms with Crippen molar-refractivity contribution < 1.29 is 4.74 Å². The van der Waals surface area contributed by atoms with Crippen molar-refractivity contribution in [1.82, 2.24) is 10.2 Å². The normalized spacial score (nSPS) is 32.0. The Morgan fingerprint density at radius 1 is 1.17 bits per heavy atom. The Balaban J connectivity index is 1.72. The summed E-state index contributed by atoms with van der Waals surface area (Å²) in [6, 6.07) is 2.48. The summed E-state index contributed by atoms with van der Waals surface area (Å²) in [6.07, 6.45) is 8.03. The summed E-state index contributed by atoms with van der Waals surface area (Å²) < 4.78 is 5.45. The van der Waals surface area contributed by atoms with Crippen LogP contribution in [-0.4, -0.2) is 49.3 Å². The van der Waals surface area contributed by atoms with Crippen LogP contribution in [0.5, 0.6) is 0 Å². The van der Waals surface area contributed by atoms with Crippen LogP contribution in [0, 0.1) is 0 Å². The number of rotatable bonds is 8. The molecule has 2 bridgehead atoms. The summed E-state index contributed by atoms with van der Waals surface area (Å²) in [5.74, 6) is 0. The fourth-order valence-corrected chi connectivity index (χ4v) is 3.65. The van der Waals surface area contributed by atoms with E-state index >= 15 is 0 Å². The van der Waals surface area contributed by atoms with Crippen LogP contribution in [0.1, 0.15) is 52.4 Å². The average molecular weight is 254 g/mol. The van der Waals surface area contributed by atoms with Crippen LogP contribution in [0.25, 0.3) is 0 Å². The molecule has 2 saturated heterocycles. The summed E-state index contributed by atoms with van der Waals surface area (Å²) in [4.78, 5) is 2.77. The molecule has 3 nitrogen and oxygen atoms in total. The second kappa shape index (κ2) is 7.46. The van der Waals surface area contributed by atoms with Gasteiger partial charge in [0.05, 0.1) is 0 Å². The van der Waals surface area contributed by atoms with Crippen molar-refractivity contribution in [3.05, 3.63) is 0 Å². The summed E-state index contributed by atoms with van der Waals surface area (Å²) in [5, 5.41) is 3.72. The van der Waals surface area contributed by atoms with E-state index in [4.69, 9.17) is 4.74 Å². The Morgan fingerprint density at radius 3 is 2.50 bits per heavy atom. The topological polar surface area (TPSA) is 24.5 Å². The first kappa shape index (κ1) is 14.3. The van der Waals surface area contributed by atoms with Gasteiger partial charge in [-0.1, -0.05) is 6.92 Å². The van der Waals surface area contributed by atoms with Gasteiger partial charge in [0.2, 0.25) is 0 Å². The van der Waals surface area contributed by atoms with Crippen LogP contribution in [-0.2, 0) is 4.74 Å². The second-order valence-electron chi connectivity index (χ2n) is 5.80. The minimum Gasteiger partial charge on any atom is -0.382 e. The lowest BCUT2D eigenvalue weighted by Gasteiger charge is -2.39. The van der Waals surface area contributed by atoms with Gasteiger partial charge >= 0.3 is 0 Å². The maximum atomic E-state index is 5.45. The van der Waals surface area contributed by atoms with Crippen LogP contribution < -0.4 is 5.32 Å². The highest BCUT2D eigenvalue weighted by molar-refractivity contribution is 4.97. The number of nitrogens with zero attached hydrogens (tertiary/aromatic N) is 1. The lowest BCUT2D eigenvalue weighted by Crippen LogP contribution is -2.49. The first-order chi connectivity index (χ1) is 8.85. The SMILES string of the molecule is CCCNC1CC2CCC(C1)N2CCCOCC. The van der Waals surface area contributed by atoms with Gasteiger partial charge in [0.1, 0.15) is 0 Å². The molecule has 2 fully saturated rings. The van der Waals surface area contributed by atoms with Gasteiger partial charge in [0, 0.05) is 37.9 Å². The molecule has 1 N–H and O–H groups in total. The van der Waals surface area contributed by atoms with Gasteiger partial charge in [-0.15, -0.1) is 0 Å². The molecule has 2 aliphatic rings. The zero-order chi connectivity index (χ0) is 12.8. The third kappa shape index (κ3) is 3.69. The summed E-state index contributed by atoms with van der Waals surface area (Å²) >= 11 is 0. The van der Waals surface area contributed by atoms with Crippen molar-refractivity contribution in [2.45, 2.75) is 70.5 Å². The zero-order valence-electron chi connectivity index (χ0n) is 12.2. The molecule has 3 heteroatoms. The Kier molecular flexibility index (Phi) is 5.93. The summed E-state index contributed by atoms with van der Waals surface area (Å²) in [7, 11) is 0. The van der Waals surface area contributed by atoms with E-state index in [-0.39, 0.29) is 0 Å². The molecule has 0 aromatic rings. The lowest BCUT2D eigenvalue weighted by atomic mass is 9.97. The quantitative estimate of drug-likeness (QED) is 0.673. The van der Waals surface area contributed by atoms with E-state index in [1.54, 1.807) is 0 Å². The molecule has 0 spiro atoms. The number of piperidine rings is 1. The maximum absolute atomic E-state index is 5.45. The van der Waals surface area contributed by atoms with E-state index < -0.39 is 0 Å². The van der Waals surface area contributed by atoms with Crippen molar-refractivity contribution in [3.8, 4) is 0 Å². The third-order valence-corrected chi connectivity index (χ3v) is 4.48. The molecular formula is C15H30N2O. The lowest BCUT2D eigenvalue weighted by molar-refractivity contribution is 0.0897. The van der Waals surface area contributed by atoms with Crippen LogP contribution >= 0.6 is 0 Å². The average Bonchev–Trinajstić information content (AvgIpc) is 2.62. The third-order valence-electron chi connectivity index (χ3n) is 4.48. The molecule has 2 rings (SSSR count). The zero-order valence-corrected chi connectivity index (χ0v) is 12.2. The minimum atomic E-state index is 0.783. The second-order valence-corrected chi connectivity index (χ2v) is 5.80. The molecule has 0 aromatic heterocycles. The van der Waals surface area contributed by atoms with E-state index in [9.17, 15) is 0 Å². The van der Waals surface area contributed by atoms with E-state index in [1.807, 2.05) is 0 Å². The minimum absolute atomic E-state index is 0.783. The van der Waals surface area contributed by atoms with Gasteiger partial charge in [-0.3, -0.25) is 4.90 Å². The number of ether oxygens (including phenoxy) is 1. The molecule has 0 aromatic carbocycles. The predicted octanol–water partition coefficient (Wildman–Crippen LogP) is 2.41. The fourth-order valence-electron chi connectivity index (χ4n) is 3.65. The standard InChI is InChI=1S/C15H30N2O/c1-3-8-16-13-11-14-6-7-15(12-13)17(14)9-5-10-18-4-2/h13-16H,3-12H2,1-2H3. The number of hydrogen-bond donors (Lipinski definition) is 1. The van der Waals surface area contributed by atoms with Gasteiger partial charge in [0.25, 0.3) is 0 Å². The van der Waals surface area contributed by atoms with Crippen LogP contribution in [0.3, 0.4) is 0 Å². The molecule has 0 amide bonds. The Bertz CT molecular complexity index is 221. The molecule has 2 heterocycles. The molecule has 0 aliphatic carbocycles. The van der Waals surface area contributed by atoms with E-state index in [2.05, 4.69) is 24.1 Å². The first-order valence-corrected chi connectivity index (χ1v) is 7.92.